The van der Waals surface area contributed by atoms with E-state index in [1.807, 2.05) is 24.3 Å². The van der Waals surface area contributed by atoms with Crippen LogP contribution in [0.4, 0.5) is 4.39 Å². The van der Waals surface area contributed by atoms with Crippen molar-refractivity contribution in [3.63, 3.8) is 0 Å². The Morgan fingerprint density at radius 2 is 1.64 bits per heavy atom. The van der Waals surface area contributed by atoms with Gasteiger partial charge in [-0.05, 0) is 30.4 Å². The van der Waals surface area contributed by atoms with Crippen molar-refractivity contribution >= 4 is 0 Å². The van der Waals surface area contributed by atoms with Crippen molar-refractivity contribution in [2.75, 3.05) is 13.3 Å². The summed E-state index contributed by atoms with van der Waals surface area (Å²) in [4.78, 5) is 4.49. The van der Waals surface area contributed by atoms with Crippen molar-refractivity contribution in [2.45, 2.75) is 19.3 Å². The molecule has 0 aliphatic carbocycles. The topological polar surface area (TPSA) is 35.2 Å². The molecule has 1 aromatic carbocycles. The first kappa shape index (κ1) is 11.1. The molecule has 2 nitrogen and oxygen atoms in total. The normalized spacial score (nSPS) is 10.4. The molecule has 14 heavy (non-hydrogen) atoms. The molecule has 0 aromatic heterocycles. The number of aryl methyl sites for hydroxylation is 1. The van der Waals surface area contributed by atoms with E-state index in [-0.39, 0.29) is 6.67 Å². The monoisotopic (exact) mass is 197 g/mol. The lowest BCUT2D eigenvalue weighted by atomic mass is 10.1. The van der Waals surface area contributed by atoms with Crippen LogP contribution in [0, 0.1) is 0 Å². The minimum atomic E-state index is -0.247. The summed E-state index contributed by atoms with van der Waals surface area (Å²) < 4.78 is 11.9. The number of hydrogen-bond acceptors (Lipinski definition) is 2. The summed E-state index contributed by atoms with van der Waals surface area (Å²) >= 11 is 0. The van der Waals surface area contributed by atoms with Crippen LogP contribution >= 0.6 is 0 Å². The molecule has 2 N–H and O–H groups in total. The molecular formula is C11H16FNO. The van der Waals surface area contributed by atoms with E-state index >= 15 is 0 Å². The first-order valence-corrected chi connectivity index (χ1v) is 4.82. The van der Waals surface area contributed by atoms with Crippen LogP contribution in [0.25, 0.3) is 0 Å². The highest BCUT2D eigenvalue weighted by Crippen LogP contribution is 2.07. The number of rotatable bonds is 6. The van der Waals surface area contributed by atoms with Crippen LogP contribution in [0.1, 0.15) is 17.5 Å². The van der Waals surface area contributed by atoms with E-state index in [2.05, 4.69) is 4.84 Å². The number of alkyl halides is 1. The van der Waals surface area contributed by atoms with Gasteiger partial charge in [0.05, 0.1) is 13.3 Å². The molecule has 1 rings (SSSR count). The molecule has 0 amide bonds. The average Bonchev–Trinajstić information content (AvgIpc) is 2.25. The summed E-state index contributed by atoms with van der Waals surface area (Å²) in [6.45, 7) is 0.284. The van der Waals surface area contributed by atoms with Gasteiger partial charge in [-0.15, -0.1) is 0 Å². The fraction of sp³-hybridized carbons (Fsp3) is 0.455. The summed E-state index contributed by atoms with van der Waals surface area (Å²) in [7, 11) is 0. The summed E-state index contributed by atoms with van der Waals surface area (Å²) in [5.41, 5.74) is 2.37. The van der Waals surface area contributed by atoms with Crippen molar-refractivity contribution < 1.29 is 9.23 Å². The zero-order chi connectivity index (χ0) is 10.2. The molecule has 0 heterocycles. The summed E-state index contributed by atoms with van der Waals surface area (Å²) in [6.07, 6.45) is 2.23. The van der Waals surface area contributed by atoms with Gasteiger partial charge >= 0.3 is 0 Å². The number of hydrogen-bond donors (Lipinski definition) is 1. The van der Waals surface area contributed by atoms with Gasteiger partial charge in [0, 0.05) is 0 Å². The zero-order valence-electron chi connectivity index (χ0n) is 8.21. The lowest BCUT2D eigenvalue weighted by Crippen LogP contribution is -2.03. The Bertz CT molecular complexity index is 221. The van der Waals surface area contributed by atoms with Crippen molar-refractivity contribution in [1.82, 2.24) is 0 Å². The molecule has 0 atom stereocenters. The Morgan fingerprint density at radius 1 is 1.07 bits per heavy atom. The molecule has 0 bridgehead atoms. The van der Waals surface area contributed by atoms with Crippen molar-refractivity contribution in [1.29, 1.82) is 0 Å². The molecule has 3 heteroatoms. The van der Waals surface area contributed by atoms with Crippen LogP contribution in [-0.4, -0.2) is 13.3 Å². The molecule has 78 valence electrons. The molecule has 0 saturated heterocycles. The van der Waals surface area contributed by atoms with Crippen LogP contribution in [0.2, 0.25) is 0 Å². The highest BCUT2D eigenvalue weighted by Gasteiger charge is 1.95. The summed E-state index contributed by atoms with van der Waals surface area (Å²) in [5.74, 6) is 4.93. The maximum absolute atomic E-state index is 11.9. The Morgan fingerprint density at radius 3 is 2.14 bits per heavy atom. The van der Waals surface area contributed by atoms with Gasteiger partial charge in [0.25, 0.3) is 0 Å². The lowest BCUT2D eigenvalue weighted by Gasteiger charge is -2.02. The van der Waals surface area contributed by atoms with Crippen molar-refractivity contribution in [3.8, 4) is 0 Å². The molecule has 0 radical (unpaired) electrons. The largest absolute Gasteiger partial charge is 0.304 e. The molecule has 0 aliphatic heterocycles. The second-order valence-corrected chi connectivity index (χ2v) is 3.23. The molecule has 0 fully saturated rings. The maximum atomic E-state index is 11.9. The molecular weight excluding hydrogens is 181 g/mol. The van der Waals surface area contributed by atoms with Gasteiger partial charge in [0.15, 0.2) is 0 Å². The van der Waals surface area contributed by atoms with E-state index in [9.17, 15) is 4.39 Å². The Balaban J connectivity index is 2.42. The SMILES string of the molecule is NOCCc1ccc(CCCF)cc1. The highest BCUT2D eigenvalue weighted by atomic mass is 19.1. The van der Waals surface area contributed by atoms with E-state index in [4.69, 9.17) is 5.90 Å². The van der Waals surface area contributed by atoms with Gasteiger partial charge in [-0.1, -0.05) is 24.3 Å². The number of benzene rings is 1. The van der Waals surface area contributed by atoms with E-state index in [0.29, 0.717) is 13.0 Å². The van der Waals surface area contributed by atoms with Crippen molar-refractivity contribution in [2.24, 2.45) is 5.90 Å². The third-order valence-corrected chi connectivity index (χ3v) is 2.13. The quantitative estimate of drug-likeness (QED) is 0.708. The van der Waals surface area contributed by atoms with E-state index in [1.54, 1.807) is 0 Å². The van der Waals surface area contributed by atoms with Crippen LogP contribution in [0.5, 0.6) is 0 Å². The van der Waals surface area contributed by atoms with E-state index in [0.717, 1.165) is 12.8 Å². The summed E-state index contributed by atoms with van der Waals surface area (Å²) in [6, 6.07) is 8.13. The van der Waals surface area contributed by atoms with Gasteiger partial charge < -0.3 is 4.84 Å². The number of halogens is 1. The van der Waals surface area contributed by atoms with E-state index in [1.165, 1.54) is 11.1 Å². The third-order valence-electron chi connectivity index (χ3n) is 2.13. The Labute approximate surface area is 83.8 Å². The second kappa shape index (κ2) is 6.51. The smallest absolute Gasteiger partial charge is 0.0897 e. The maximum Gasteiger partial charge on any atom is 0.0897 e. The minimum Gasteiger partial charge on any atom is -0.304 e. The van der Waals surface area contributed by atoms with Crippen LogP contribution in [-0.2, 0) is 17.7 Å². The van der Waals surface area contributed by atoms with Gasteiger partial charge in [0.1, 0.15) is 0 Å². The van der Waals surface area contributed by atoms with Crippen molar-refractivity contribution in [3.05, 3.63) is 35.4 Å². The van der Waals surface area contributed by atoms with Crippen LogP contribution in [0.15, 0.2) is 24.3 Å². The zero-order valence-corrected chi connectivity index (χ0v) is 8.21. The standard InChI is InChI=1S/C11H16FNO/c12-8-1-2-10-3-5-11(6-4-10)7-9-14-13/h3-6H,1-2,7-9,13H2. The third kappa shape index (κ3) is 3.85. The second-order valence-electron chi connectivity index (χ2n) is 3.23. The lowest BCUT2D eigenvalue weighted by molar-refractivity contribution is 0.141. The van der Waals surface area contributed by atoms with Gasteiger partial charge in [-0.3, -0.25) is 4.39 Å². The first-order valence-electron chi connectivity index (χ1n) is 4.82. The first-order chi connectivity index (χ1) is 6.86. The van der Waals surface area contributed by atoms with Crippen LogP contribution < -0.4 is 5.90 Å². The van der Waals surface area contributed by atoms with Gasteiger partial charge in [-0.2, -0.15) is 0 Å². The highest BCUT2D eigenvalue weighted by molar-refractivity contribution is 5.22. The van der Waals surface area contributed by atoms with E-state index < -0.39 is 0 Å². The predicted molar refractivity (Wildman–Crippen MR) is 54.6 cm³/mol. The Hall–Kier alpha value is -0.930. The number of nitrogens with two attached hydrogens (primary N) is 1. The fourth-order valence-corrected chi connectivity index (χ4v) is 1.32. The molecule has 1 aromatic rings. The summed E-state index contributed by atoms with van der Waals surface area (Å²) in [5, 5.41) is 0. The Kier molecular flexibility index (Phi) is 5.19. The predicted octanol–water partition coefficient (Wildman–Crippen LogP) is 2.02. The minimum absolute atomic E-state index is 0.247. The van der Waals surface area contributed by atoms with Gasteiger partial charge in [-0.25, -0.2) is 5.90 Å². The van der Waals surface area contributed by atoms with Gasteiger partial charge in [0.2, 0.25) is 0 Å². The van der Waals surface area contributed by atoms with Crippen LogP contribution in [0.3, 0.4) is 0 Å². The molecule has 0 spiro atoms. The molecule has 0 saturated carbocycles. The molecule has 0 aliphatic rings. The fourth-order valence-electron chi connectivity index (χ4n) is 1.32. The average molecular weight is 197 g/mol. The molecule has 0 unspecified atom stereocenters.